The minimum atomic E-state index is -0.212. The maximum atomic E-state index is 13.5. The fourth-order valence-electron chi connectivity index (χ4n) is 1.85. The van der Waals surface area contributed by atoms with E-state index in [-0.39, 0.29) is 11.7 Å². The Balaban J connectivity index is 1.94. The summed E-state index contributed by atoms with van der Waals surface area (Å²) in [6, 6.07) is 14.2. The minimum Gasteiger partial charge on any atom is -0.381 e. The van der Waals surface area contributed by atoms with Crippen LogP contribution in [0.25, 0.3) is 0 Å². The highest BCUT2D eigenvalue weighted by molar-refractivity contribution is 5.78. The van der Waals surface area contributed by atoms with Crippen LogP contribution in [-0.2, 0) is 17.8 Å². The molecule has 0 spiro atoms. The van der Waals surface area contributed by atoms with Crippen LogP contribution in [0.4, 0.5) is 10.1 Å². The van der Waals surface area contributed by atoms with Gasteiger partial charge in [0, 0.05) is 24.8 Å². The molecule has 1 amide bonds. The lowest BCUT2D eigenvalue weighted by Gasteiger charge is -2.08. The van der Waals surface area contributed by atoms with Crippen LogP contribution in [0, 0.1) is 5.82 Å². The molecule has 0 atom stereocenters. The SMILES string of the molecule is CNC(=O)Cc1ccc(NCc2ccccc2F)cc1. The van der Waals surface area contributed by atoms with Crippen molar-refractivity contribution in [1.82, 2.24) is 5.32 Å². The molecule has 2 aromatic carbocycles. The molecule has 2 rings (SSSR count). The summed E-state index contributed by atoms with van der Waals surface area (Å²) in [6.45, 7) is 0.432. The number of hydrogen-bond acceptors (Lipinski definition) is 2. The molecule has 0 saturated carbocycles. The van der Waals surface area contributed by atoms with Gasteiger partial charge in [0.2, 0.25) is 5.91 Å². The fourth-order valence-corrected chi connectivity index (χ4v) is 1.85. The van der Waals surface area contributed by atoms with Gasteiger partial charge in [-0.15, -0.1) is 0 Å². The molecule has 2 N–H and O–H groups in total. The van der Waals surface area contributed by atoms with Crippen LogP contribution in [-0.4, -0.2) is 13.0 Å². The molecule has 0 aliphatic rings. The number of rotatable bonds is 5. The molecule has 0 bridgehead atoms. The number of hydrogen-bond donors (Lipinski definition) is 2. The molecular weight excluding hydrogens is 255 g/mol. The van der Waals surface area contributed by atoms with Crippen LogP contribution in [0.15, 0.2) is 48.5 Å². The van der Waals surface area contributed by atoms with E-state index in [4.69, 9.17) is 0 Å². The van der Waals surface area contributed by atoms with Crippen molar-refractivity contribution >= 4 is 11.6 Å². The molecule has 4 heteroatoms. The van der Waals surface area contributed by atoms with Crippen molar-refractivity contribution in [2.24, 2.45) is 0 Å². The summed E-state index contributed by atoms with van der Waals surface area (Å²) >= 11 is 0. The molecule has 0 heterocycles. The van der Waals surface area contributed by atoms with E-state index in [1.807, 2.05) is 30.3 Å². The number of likely N-dealkylation sites (N-methyl/N-ethyl adjacent to an activating group) is 1. The minimum absolute atomic E-state index is 0.0166. The lowest BCUT2D eigenvalue weighted by Crippen LogP contribution is -2.19. The van der Waals surface area contributed by atoms with Gasteiger partial charge in [-0.1, -0.05) is 30.3 Å². The van der Waals surface area contributed by atoms with E-state index in [1.165, 1.54) is 6.07 Å². The highest BCUT2D eigenvalue weighted by Gasteiger charge is 2.02. The van der Waals surface area contributed by atoms with Gasteiger partial charge in [0.15, 0.2) is 0 Å². The second-order valence-electron chi connectivity index (χ2n) is 4.49. The molecule has 0 radical (unpaired) electrons. The first-order valence-electron chi connectivity index (χ1n) is 6.46. The monoisotopic (exact) mass is 272 g/mol. The zero-order chi connectivity index (χ0) is 14.4. The zero-order valence-electron chi connectivity index (χ0n) is 11.3. The standard InChI is InChI=1S/C16H17FN2O/c1-18-16(20)10-12-6-8-14(9-7-12)19-11-13-4-2-3-5-15(13)17/h2-9,19H,10-11H2,1H3,(H,18,20). The van der Waals surface area contributed by atoms with Gasteiger partial charge in [0.05, 0.1) is 6.42 Å². The molecule has 3 nitrogen and oxygen atoms in total. The van der Waals surface area contributed by atoms with Crippen molar-refractivity contribution in [3.05, 3.63) is 65.5 Å². The summed E-state index contributed by atoms with van der Waals surface area (Å²) < 4.78 is 13.5. The van der Waals surface area contributed by atoms with E-state index in [1.54, 1.807) is 19.2 Å². The Bertz CT molecular complexity index is 581. The van der Waals surface area contributed by atoms with Gasteiger partial charge < -0.3 is 10.6 Å². The van der Waals surface area contributed by atoms with Gasteiger partial charge in [0.25, 0.3) is 0 Å². The first-order valence-corrected chi connectivity index (χ1v) is 6.46. The number of carbonyl (C=O) groups is 1. The number of halogens is 1. The van der Waals surface area contributed by atoms with Crippen LogP contribution in [0.3, 0.4) is 0 Å². The van der Waals surface area contributed by atoms with Crippen molar-refractivity contribution in [1.29, 1.82) is 0 Å². The molecule has 104 valence electrons. The maximum absolute atomic E-state index is 13.5. The van der Waals surface area contributed by atoms with E-state index in [9.17, 15) is 9.18 Å². The van der Waals surface area contributed by atoms with Crippen LogP contribution in [0.2, 0.25) is 0 Å². The molecule has 0 aliphatic heterocycles. The van der Waals surface area contributed by atoms with Crippen molar-refractivity contribution in [3.8, 4) is 0 Å². The number of benzene rings is 2. The summed E-state index contributed by atoms with van der Waals surface area (Å²) in [5.74, 6) is -0.228. The average Bonchev–Trinajstić information content (AvgIpc) is 2.48. The summed E-state index contributed by atoms with van der Waals surface area (Å²) in [6.07, 6.45) is 0.365. The molecule has 20 heavy (non-hydrogen) atoms. The molecule has 0 unspecified atom stereocenters. The van der Waals surface area contributed by atoms with Gasteiger partial charge in [-0.2, -0.15) is 0 Å². The quantitative estimate of drug-likeness (QED) is 0.878. The van der Waals surface area contributed by atoms with Crippen LogP contribution < -0.4 is 10.6 Å². The van der Waals surface area contributed by atoms with E-state index < -0.39 is 0 Å². The largest absolute Gasteiger partial charge is 0.381 e. The lowest BCUT2D eigenvalue weighted by atomic mass is 10.1. The van der Waals surface area contributed by atoms with Crippen molar-refractivity contribution < 1.29 is 9.18 Å². The van der Waals surface area contributed by atoms with E-state index >= 15 is 0 Å². The van der Waals surface area contributed by atoms with Crippen molar-refractivity contribution in [3.63, 3.8) is 0 Å². The van der Waals surface area contributed by atoms with Crippen LogP contribution >= 0.6 is 0 Å². The van der Waals surface area contributed by atoms with E-state index in [0.29, 0.717) is 18.5 Å². The molecule has 0 fully saturated rings. The normalized spacial score (nSPS) is 10.1. The second-order valence-corrected chi connectivity index (χ2v) is 4.49. The summed E-state index contributed by atoms with van der Waals surface area (Å²) in [5.41, 5.74) is 2.47. The lowest BCUT2D eigenvalue weighted by molar-refractivity contribution is -0.119. The van der Waals surface area contributed by atoms with E-state index in [2.05, 4.69) is 10.6 Å². The highest BCUT2D eigenvalue weighted by Crippen LogP contribution is 2.13. The van der Waals surface area contributed by atoms with Crippen molar-refractivity contribution in [2.45, 2.75) is 13.0 Å². The third-order valence-corrected chi connectivity index (χ3v) is 3.04. The molecule has 2 aromatic rings. The Morgan fingerprint density at radius 2 is 1.80 bits per heavy atom. The fraction of sp³-hybridized carbons (Fsp3) is 0.188. The topological polar surface area (TPSA) is 41.1 Å². The van der Waals surface area contributed by atoms with Crippen LogP contribution in [0.1, 0.15) is 11.1 Å². The predicted octanol–water partition coefficient (Wildman–Crippen LogP) is 2.73. The average molecular weight is 272 g/mol. The molecule has 0 aliphatic carbocycles. The van der Waals surface area contributed by atoms with Gasteiger partial charge in [-0.3, -0.25) is 4.79 Å². The smallest absolute Gasteiger partial charge is 0.224 e. The molecular formula is C16H17FN2O. The summed E-state index contributed by atoms with van der Waals surface area (Å²) in [5, 5.41) is 5.74. The van der Waals surface area contributed by atoms with Crippen molar-refractivity contribution in [2.75, 3.05) is 12.4 Å². The third kappa shape index (κ3) is 3.82. The Kier molecular flexibility index (Phi) is 4.71. The number of amides is 1. The highest BCUT2D eigenvalue weighted by atomic mass is 19.1. The Morgan fingerprint density at radius 3 is 2.45 bits per heavy atom. The maximum Gasteiger partial charge on any atom is 0.224 e. The van der Waals surface area contributed by atoms with Gasteiger partial charge in [-0.25, -0.2) is 4.39 Å². The van der Waals surface area contributed by atoms with Gasteiger partial charge in [0.1, 0.15) is 5.82 Å². The Hall–Kier alpha value is -2.36. The Labute approximate surface area is 117 Å². The van der Waals surface area contributed by atoms with Gasteiger partial charge >= 0.3 is 0 Å². The number of anilines is 1. The zero-order valence-corrected chi connectivity index (χ0v) is 11.3. The first-order chi connectivity index (χ1) is 9.69. The number of carbonyl (C=O) groups excluding carboxylic acids is 1. The van der Waals surface area contributed by atoms with E-state index in [0.717, 1.165) is 11.3 Å². The number of nitrogens with one attached hydrogen (secondary N) is 2. The first kappa shape index (κ1) is 14.1. The van der Waals surface area contributed by atoms with Crippen LogP contribution in [0.5, 0.6) is 0 Å². The molecule has 0 aromatic heterocycles. The summed E-state index contributed by atoms with van der Waals surface area (Å²) in [7, 11) is 1.62. The third-order valence-electron chi connectivity index (χ3n) is 3.04. The summed E-state index contributed by atoms with van der Waals surface area (Å²) in [4.78, 5) is 11.2. The predicted molar refractivity (Wildman–Crippen MR) is 77.9 cm³/mol. The Morgan fingerprint density at radius 1 is 1.10 bits per heavy atom. The molecule has 0 saturated heterocycles. The van der Waals surface area contributed by atoms with Gasteiger partial charge in [-0.05, 0) is 23.8 Å². The second kappa shape index (κ2) is 6.70.